The highest BCUT2D eigenvalue weighted by Gasteiger charge is 2.18. The zero-order chi connectivity index (χ0) is 16.8. The van der Waals surface area contributed by atoms with Gasteiger partial charge in [-0.2, -0.15) is 9.36 Å². The minimum absolute atomic E-state index is 0.0446. The molecule has 4 N–H and O–H groups in total. The SMILES string of the molecule is CO/N=C(\C(=O)O)c1nsc(N)n1.On1nnc2ccccc21. The Morgan fingerprint density at radius 2 is 2.17 bits per heavy atom. The Hall–Kier alpha value is -3.28. The number of rotatable bonds is 3. The van der Waals surface area contributed by atoms with Gasteiger partial charge in [0.05, 0.1) is 0 Å². The number of carboxylic acids is 1. The fourth-order valence-electron chi connectivity index (χ4n) is 1.45. The van der Waals surface area contributed by atoms with Crippen molar-refractivity contribution in [3.05, 3.63) is 30.1 Å². The average Bonchev–Trinajstić information content (AvgIpc) is 3.12. The molecule has 120 valence electrons. The van der Waals surface area contributed by atoms with Crippen LogP contribution in [0.1, 0.15) is 5.82 Å². The molecule has 0 aliphatic rings. The largest absolute Gasteiger partial charge is 0.476 e. The van der Waals surface area contributed by atoms with Gasteiger partial charge in [-0.05, 0) is 17.3 Å². The minimum atomic E-state index is -1.26. The molecule has 11 nitrogen and oxygen atoms in total. The first-order chi connectivity index (χ1) is 11.0. The second-order valence-electron chi connectivity index (χ2n) is 3.85. The number of nitrogens with zero attached hydrogens (tertiary/aromatic N) is 6. The lowest BCUT2D eigenvalue weighted by atomic mass is 10.3. The summed E-state index contributed by atoms with van der Waals surface area (Å²) in [4.78, 5) is 19.3. The Kier molecular flexibility index (Phi) is 4.99. The number of nitrogen functional groups attached to an aromatic ring is 1. The molecule has 0 unspecified atom stereocenters. The number of anilines is 1. The number of carboxylic acid groups (broad SMARTS) is 1. The molecule has 3 aromatic rings. The third-order valence-corrected chi connectivity index (χ3v) is 2.92. The van der Waals surface area contributed by atoms with Gasteiger partial charge in [0.1, 0.15) is 18.1 Å². The second-order valence-corrected chi connectivity index (χ2v) is 4.63. The molecule has 1 aromatic carbocycles. The van der Waals surface area contributed by atoms with Gasteiger partial charge in [0.2, 0.25) is 11.5 Å². The zero-order valence-electron chi connectivity index (χ0n) is 11.7. The van der Waals surface area contributed by atoms with Gasteiger partial charge in [0.25, 0.3) is 0 Å². The molecule has 3 rings (SSSR count). The van der Waals surface area contributed by atoms with Crippen molar-refractivity contribution in [3.63, 3.8) is 0 Å². The summed E-state index contributed by atoms with van der Waals surface area (Å²) in [7, 11) is 1.23. The summed E-state index contributed by atoms with van der Waals surface area (Å²) in [5, 5.41) is 28.1. The van der Waals surface area contributed by atoms with Crippen LogP contribution in [0, 0.1) is 0 Å². The van der Waals surface area contributed by atoms with Crippen molar-refractivity contribution >= 4 is 39.4 Å². The standard InChI is InChI=1S/C6H5N3O.C5H6N4O3S/c10-9-6-4-2-1-3-5(6)7-8-9;1-12-8-2(4(10)11)3-7-5(6)13-9-3/h1-4,10H;1H3,(H,10,11)(H2,6,7,9)/b;8-2-. The number of benzene rings is 1. The first-order valence-electron chi connectivity index (χ1n) is 5.96. The average molecular weight is 337 g/mol. The molecule has 23 heavy (non-hydrogen) atoms. The molecule has 0 fully saturated rings. The molecule has 12 heteroatoms. The van der Waals surface area contributed by atoms with E-state index in [1.807, 2.05) is 12.1 Å². The Balaban J connectivity index is 0.000000172. The molecule has 0 saturated heterocycles. The van der Waals surface area contributed by atoms with Crippen LogP contribution in [-0.4, -0.2) is 53.6 Å². The van der Waals surface area contributed by atoms with E-state index in [2.05, 4.69) is 29.7 Å². The third kappa shape index (κ3) is 3.88. The number of aliphatic carboxylic acids is 1. The van der Waals surface area contributed by atoms with Crippen LogP contribution in [0.5, 0.6) is 0 Å². The summed E-state index contributed by atoms with van der Waals surface area (Å²) in [5.74, 6) is -1.31. The van der Waals surface area contributed by atoms with Crippen LogP contribution in [0.3, 0.4) is 0 Å². The smallest absolute Gasteiger partial charge is 0.362 e. The molecule has 0 aliphatic heterocycles. The van der Waals surface area contributed by atoms with Gasteiger partial charge in [-0.15, -0.1) is 5.10 Å². The molecular weight excluding hydrogens is 326 g/mol. The summed E-state index contributed by atoms with van der Waals surface area (Å²) in [6.07, 6.45) is 0. The second kappa shape index (κ2) is 7.13. The normalized spacial score (nSPS) is 10.9. The summed E-state index contributed by atoms with van der Waals surface area (Å²) >= 11 is 0.893. The summed E-state index contributed by atoms with van der Waals surface area (Å²) < 4.78 is 3.67. The molecule has 0 spiro atoms. The van der Waals surface area contributed by atoms with Crippen LogP contribution in [0.2, 0.25) is 0 Å². The maximum Gasteiger partial charge on any atom is 0.362 e. The van der Waals surface area contributed by atoms with Crippen molar-refractivity contribution in [3.8, 4) is 0 Å². The van der Waals surface area contributed by atoms with Crippen LogP contribution in [-0.2, 0) is 9.63 Å². The summed E-state index contributed by atoms with van der Waals surface area (Å²) in [6.45, 7) is 0. The van der Waals surface area contributed by atoms with Gasteiger partial charge in [-0.3, -0.25) is 0 Å². The van der Waals surface area contributed by atoms with Crippen molar-refractivity contribution in [1.29, 1.82) is 0 Å². The molecule has 0 atom stereocenters. The van der Waals surface area contributed by atoms with E-state index >= 15 is 0 Å². The van der Waals surface area contributed by atoms with E-state index in [9.17, 15) is 4.79 Å². The third-order valence-electron chi connectivity index (χ3n) is 2.37. The molecule has 0 bridgehead atoms. The number of hydrogen-bond donors (Lipinski definition) is 3. The lowest BCUT2D eigenvalue weighted by Crippen LogP contribution is -2.16. The number of carbonyl (C=O) groups is 1. The quantitative estimate of drug-likeness (QED) is 0.345. The monoisotopic (exact) mass is 337 g/mol. The van der Waals surface area contributed by atoms with Gasteiger partial charge in [-0.1, -0.05) is 22.1 Å². The number of fused-ring (bicyclic) bond motifs is 1. The molecule has 2 aromatic heterocycles. The number of hydrogen-bond acceptors (Lipinski definition) is 10. The van der Waals surface area contributed by atoms with Gasteiger partial charge in [-0.25, -0.2) is 4.79 Å². The van der Waals surface area contributed by atoms with E-state index in [0.29, 0.717) is 11.0 Å². The molecule has 0 saturated carbocycles. The number of aromatic nitrogens is 5. The Labute approximate surface area is 132 Å². The maximum absolute atomic E-state index is 10.6. The number of oxime groups is 1. The van der Waals surface area contributed by atoms with Gasteiger partial charge < -0.3 is 20.9 Å². The van der Waals surface area contributed by atoms with Crippen molar-refractivity contribution in [2.24, 2.45) is 5.16 Å². The van der Waals surface area contributed by atoms with Gasteiger partial charge in [0, 0.05) is 11.5 Å². The van der Waals surface area contributed by atoms with Crippen LogP contribution < -0.4 is 5.73 Å². The number of nitrogens with two attached hydrogens (primary N) is 1. The highest BCUT2D eigenvalue weighted by Crippen LogP contribution is 2.07. The highest BCUT2D eigenvalue weighted by atomic mass is 32.1. The summed E-state index contributed by atoms with van der Waals surface area (Å²) in [6, 6.07) is 7.19. The minimum Gasteiger partial charge on any atom is -0.476 e. The van der Waals surface area contributed by atoms with Crippen LogP contribution in [0.25, 0.3) is 11.0 Å². The van der Waals surface area contributed by atoms with Crippen molar-refractivity contribution < 1.29 is 19.9 Å². The first-order valence-corrected chi connectivity index (χ1v) is 6.74. The van der Waals surface area contributed by atoms with Crippen molar-refractivity contribution in [2.45, 2.75) is 0 Å². The van der Waals surface area contributed by atoms with Crippen LogP contribution in [0.15, 0.2) is 29.4 Å². The van der Waals surface area contributed by atoms with E-state index in [-0.39, 0.29) is 16.7 Å². The van der Waals surface area contributed by atoms with E-state index in [1.54, 1.807) is 12.1 Å². The zero-order valence-corrected chi connectivity index (χ0v) is 12.5. The highest BCUT2D eigenvalue weighted by molar-refractivity contribution is 7.09. The van der Waals surface area contributed by atoms with E-state index in [4.69, 9.17) is 16.0 Å². The van der Waals surface area contributed by atoms with Gasteiger partial charge >= 0.3 is 5.97 Å². The molecular formula is C11H11N7O4S. The predicted molar refractivity (Wildman–Crippen MR) is 80.2 cm³/mol. The Morgan fingerprint density at radius 3 is 2.74 bits per heavy atom. The van der Waals surface area contributed by atoms with Gasteiger partial charge in [0.15, 0.2) is 5.13 Å². The molecule has 0 aliphatic carbocycles. The van der Waals surface area contributed by atoms with Crippen LogP contribution in [0.4, 0.5) is 5.13 Å². The van der Waals surface area contributed by atoms with E-state index in [1.165, 1.54) is 7.11 Å². The fraction of sp³-hybridized carbons (Fsp3) is 0.0909. The van der Waals surface area contributed by atoms with Crippen molar-refractivity contribution in [2.75, 3.05) is 12.8 Å². The lowest BCUT2D eigenvalue weighted by Gasteiger charge is -1.92. The fourth-order valence-corrected chi connectivity index (χ4v) is 1.89. The van der Waals surface area contributed by atoms with Crippen molar-refractivity contribution in [1.82, 2.24) is 24.5 Å². The molecule has 0 radical (unpaired) electrons. The van der Waals surface area contributed by atoms with Crippen LogP contribution >= 0.6 is 11.5 Å². The number of para-hydroxylation sites is 1. The predicted octanol–water partition coefficient (Wildman–Crippen LogP) is 0.224. The Bertz CT molecular complexity index is 844. The van der Waals surface area contributed by atoms with E-state index < -0.39 is 5.97 Å². The van der Waals surface area contributed by atoms with E-state index in [0.717, 1.165) is 16.4 Å². The first kappa shape index (κ1) is 16.1. The topological polar surface area (TPSA) is 162 Å². The molecule has 2 heterocycles. The summed E-state index contributed by atoms with van der Waals surface area (Å²) in [5.41, 5.74) is 6.23. The molecule has 0 amide bonds. The Morgan fingerprint density at radius 1 is 1.43 bits per heavy atom. The maximum atomic E-state index is 10.6. The lowest BCUT2D eigenvalue weighted by molar-refractivity contribution is -0.129.